The number of nitrogens with zero attached hydrogens (tertiary/aromatic N) is 1. The van der Waals surface area contributed by atoms with Crippen molar-refractivity contribution in [1.29, 1.82) is 0 Å². The molecule has 1 aliphatic carbocycles. The first-order valence-corrected chi connectivity index (χ1v) is 6.17. The van der Waals surface area contributed by atoms with Crippen LogP contribution >= 0.6 is 0 Å². The molecule has 0 spiro atoms. The molecule has 0 aromatic heterocycles. The summed E-state index contributed by atoms with van der Waals surface area (Å²) < 4.78 is 0. The van der Waals surface area contributed by atoms with E-state index < -0.39 is 0 Å². The van der Waals surface area contributed by atoms with Gasteiger partial charge in [-0.1, -0.05) is 26.0 Å². The van der Waals surface area contributed by atoms with E-state index in [1.807, 2.05) is 24.9 Å². The first-order valence-electron chi connectivity index (χ1n) is 6.17. The average Bonchev–Trinajstić information content (AvgIpc) is 2.47. The monoisotopic (exact) mass is 219 g/mol. The van der Waals surface area contributed by atoms with Crippen molar-refractivity contribution in [2.45, 2.75) is 27.2 Å². The van der Waals surface area contributed by atoms with Crippen molar-refractivity contribution in [3.63, 3.8) is 0 Å². The first kappa shape index (κ1) is 11.4. The third kappa shape index (κ3) is 1.60. The van der Waals surface area contributed by atoms with Gasteiger partial charge in [0, 0.05) is 19.2 Å². The van der Waals surface area contributed by atoms with Gasteiger partial charge in [0.25, 0.3) is 0 Å². The minimum Gasteiger partial charge on any atom is -0.338 e. The molecule has 88 valence electrons. The summed E-state index contributed by atoms with van der Waals surface area (Å²) >= 11 is 0. The molecule has 0 saturated heterocycles. The molecule has 2 nitrogen and oxygen atoms in total. The van der Waals surface area contributed by atoms with Crippen LogP contribution in [-0.2, 0) is 4.79 Å². The Balaban J connectivity index is 2.34. The van der Waals surface area contributed by atoms with Gasteiger partial charge in [0.2, 0.25) is 5.91 Å². The highest BCUT2D eigenvalue weighted by molar-refractivity contribution is 5.98. The zero-order chi connectivity index (χ0) is 11.9. The lowest BCUT2D eigenvalue weighted by Crippen LogP contribution is -2.37. The molecule has 0 radical (unpaired) electrons. The van der Waals surface area contributed by atoms with Gasteiger partial charge < -0.3 is 4.90 Å². The molecule has 2 heteroatoms. The van der Waals surface area contributed by atoms with E-state index in [1.54, 1.807) is 0 Å². The normalized spacial score (nSPS) is 35.1. The molecule has 1 heterocycles. The van der Waals surface area contributed by atoms with Crippen LogP contribution in [0.5, 0.6) is 0 Å². The maximum atomic E-state index is 12.2. The standard InChI is InChI=1S/C14H21NO/c1-5-6-11-8-15(4)14(16)13(11)12-9(2)7-10(12)3/h5-6,9-10,12H,7-8H2,1-4H3/b6-5-. The Bertz CT molecular complexity index is 359. The fourth-order valence-corrected chi connectivity index (χ4v) is 3.27. The van der Waals surface area contributed by atoms with E-state index in [9.17, 15) is 4.79 Å². The zero-order valence-corrected chi connectivity index (χ0v) is 10.7. The van der Waals surface area contributed by atoms with Crippen LogP contribution in [0.15, 0.2) is 23.3 Å². The number of hydrogen-bond donors (Lipinski definition) is 0. The van der Waals surface area contributed by atoms with Crippen LogP contribution in [0.1, 0.15) is 27.2 Å². The van der Waals surface area contributed by atoms with Crippen molar-refractivity contribution < 1.29 is 4.79 Å². The summed E-state index contributed by atoms with van der Waals surface area (Å²) in [6, 6.07) is 0. The van der Waals surface area contributed by atoms with Gasteiger partial charge in [0.05, 0.1) is 0 Å². The van der Waals surface area contributed by atoms with E-state index in [4.69, 9.17) is 0 Å². The van der Waals surface area contributed by atoms with Crippen LogP contribution in [0.4, 0.5) is 0 Å². The van der Waals surface area contributed by atoms with Crippen LogP contribution in [0.25, 0.3) is 0 Å². The van der Waals surface area contributed by atoms with E-state index >= 15 is 0 Å². The molecule has 0 aromatic rings. The summed E-state index contributed by atoms with van der Waals surface area (Å²) in [6.07, 6.45) is 5.40. The highest BCUT2D eigenvalue weighted by atomic mass is 16.2. The van der Waals surface area contributed by atoms with Gasteiger partial charge in [-0.05, 0) is 36.7 Å². The predicted molar refractivity (Wildman–Crippen MR) is 65.9 cm³/mol. The molecule has 1 amide bonds. The molecule has 2 aliphatic rings. The van der Waals surface area contributed by atoms with Crippen molar-refractivity contribution in [3.8, 4) is 0 Å². The molecule has 1 saturated carbocycles. The van der Waals surface area contributed by atoms with Gasteiger partial charge in [-0.25, -0.2) is 0 Å². The van der Waals surface area contributed by atoms with E-state index in [0.29, 0.717) is 17.8 Å². The summed E-state index contributed by atoms with van der Waals surface area (Å²) in [6.45, 7) is 7.32. The lowest BCUT2D eigenvalue weighted by Gasteiger charge is -2.42. The molecule has 0 aromatic carbocycles. The van der Waals surface area contributed by atoms with Crippen LogP contribution in [0.3, 0.4) is 0 Å². The molecule has 16 heavy (non-hydrogen) atoms. The molecule has 2 unspecified atom stereocenters. The molecular weight excluding hydrogens is 198 g/mol. The number of carbonyl (C=O) groups excluding carboxylic acids is 1. The van der Waals surface area contributed by atoms with Crippen molar-refractivity contribution in [3.05, 3.63) is 23.3 Å². The summed E-state index contributed by atoms with van der Waals surface area (Å²) in [7, 11) is 1.90. The van der Waals surface area contributed by atoms with E-state index in [-0.39, 0.29) is 5.91 Å². The van der Waals surface area contributed by atoms with Crippen LogP contribution < -0.4 is 0 Å². The Morgan fingerprint density at radius 2 is 1.94 bits per heavy atom. The van der Waals surface area contributed by atoms with Gasteiger partial charge in [-0.2, -0.15) is 0 Å². The maximum absolute atomic E-state index is 12.2. The topological polar surface area (TPSA) is 20.3 Å². The summed E-state index contributed by atoms with van der Waals surface area (Å²) in [4.78, 5) is 14.0. The Hall–Kier alpha value is -1.05. The van der Waals surface area contributed by atoms with E-state index in [2.05, 4.69) is 19.9 Å². The Labute approximate surface area is 98.0 Å². The first-order chi connectivity index (χ1) is 7.56. The van der Waals surface area contributed by atoms with Crippen LogP contribution in [0.2, 0.25) is 0 Å². The van der Waals surface area contributed by atoms with Gasteiger partial charge in [0.1, 0.15) is 0 Å². The highest BCUT2D eigenvalue weighted by Gasteiger charge is 2.43. The van der Waals surface area contributed by atoms with E-state index in [1.165, 1.54) is 12.0 Å². The SMILES string of the molecule is C/C=C\C1=C(C2C(C)CC2C)C(=O)N(C)C1. The molecule has 0 bridgehead atoms. The highest BCUT2D eigenvalue weighted by Crippen LogP contribution is 2.47. The molecular formula is C14H21NO. The zero-order valence-electron chi connectivity index (χ0n) is 10.7. The Kier molecular flexibility index (Phi) is 2.92. The lowest BCUT2D eigenvalue weighted by molar-refractivity contribution is -0.125. The van der Waals surface area contributed by atoms with Gasteiger partial charge >= 0.3 is 0 Å². The second-order valence-corrected chi connectivity index (χ2v) is 5.32. The smallest absolute Gasteiger partial charge is 0.250 e. The lowest BCUT2D eigenvalue weighted by atomic mass is 9.62. The van der Waals surface area contributed by atoms with Gasteiger partial charge in [0.15, 0.2) is 0 Å². The molecule has 1 aliphatic heterocycles. The number of hydrogen-bond acceptors (Lipinski definition) is 1. The van der Waals surface area contributed by atoms with Crippen molar-refractivity contribution >= 4 is 5.91 Å². The molecule has 0 N–H and O–H groups in total. The van der Waals surface area contributed by atoms with E-state index in [0.717, 1.165) is 12.1 Å². The fraction of sp³-hybridized carbons (Fsp3) is 0.643. The molecule has 2 atom stereocenters. The second kappa shape index (κ2) is 4.08. The number of allylic oxidation sites excluding steroid dienone is 1. The third-order valence-corrected chi connectivity index (χ3v) is 4.00. The fourth-order valence-electron chi connectivity index (χ4n) is 3.27. The number of amides is 1. The number of rotatable bonds is 2. The second-order valence-electron chi connectivity index (χ2n) is 5.32. The third-order valence-electron chi connectivity index (χ3n) is 4.00. The van der Waals surface area contributed by atoms with Crippen molar-refractivity contribution in [2.24, 2.45) is 17.8 Å². The van der Waals surface area contributed by atoms with Gasteiger partial charge in [-0.3, -0.25) is 4.79 Å². The predicted octanol–water partition coefficient (Wildman–Crippen LogP) is 2.62. The van der Waals surface area contributed by atoms with Crippen LogP contribution in [-0.4, -0.2) is 24.4 Å². The van der Waals surface area contributed by atoms with Crippen LogP contribution in [0, 0.1) is 17.8 Å². The average molecular weight is 219 g/mol. The van der Waals surface area contributed by atoms with Crippen molar-refractivity contribution in [1.82, 2.24) is 4.90 Å². The quantitative estimate of drug-likeness (QED) is 0.699. The minimum atomic E-state index is 0.247. The van der Waals surface area contributed by atoms with Crippen molar-refractivity contribution in [2.75, 3.05) is 13.6 Å². The Morgan fingerprint density at radius 1 is 1.31 bits per heavy atom. The minimum absolute atomic E-state index is 0.247. The largest absolute Gasteiger partial charge is 0.338 e. The summed E-state index contributed by atoms with van der Waals surface area (Å²) in [5.74, 6) is 2.07. The summed E-state index contributed by atoms with van der Waals surface area (Å²) in [5.41, 5.74) is 2.32. The molecule has 2 rings (SSSR count). The number of likely N-dealkylation sites (N-methyl/N-ethyl adjacent to an activating group) is 1. The molecule has 1 fully saturated rings. The van der Waals surface area contributed by atoms with Gasteiger partial charge in [-0.15, -0.1) is 0 Å². The summed E-state index contributed by atoms with van der Waals surface area (Å²) in [5, 5.41) is 0. The Morgan fingerprint density at radius 3 is 2.44 bits per heavy atom. The maximum Gasteiger partial charge on any atom is 0.250 e. The number of carbonyl (C=O) groups is 1.